The van der Waals surface area contributed by atoms with E-state index in [2.05, 4.69) is 11.0 Å². The van der Waals surface area contributed by atoms with E-state index in [9.17, 15) is 14.9 Å². The summed E-state index contributed by atoms with van der Waals surface area (Å²) in [6.07, 6.45) is 4.59. The molecule has 2 aliphatic heterocycles. The lowest BCUT2D eigenvalue weighted by Crippen LogP contribution is -2.54. The van der Waals surface area contributed by atoms with E-state index >= 15 is 0 Å². The number of likely N-dealkylation sites (tertiary alicyclic amines) is 1. The van der Waals surface area contributed by atoms with Crippen molar-refractivity contribution < 1.29 is 9.59 Å². The van der Waals surface area contributed by atoms with Crippen LogP contribution in [0.1, 0.15) is 42.7 Å². The minimum absolute atomic E-state index is 0.216. The molecule has 8 heteroatoms. The van der Waals surface area contributed by atoms with Crippen LogP contribution in [0, 0.1) is 11.3 Å². The van der Waals surface area contributed by atoms with Gasteiger partial charge in [0.1, 0.15) is 5.54 Å². The molecular formula is C25H24Cl2N4O2. The minimum Gasteiger partial charge on any atom is -0.310 e. The Hall–Kier alpha value is -2.59. The van der Waals surface area contributed by atoms with Crippen LogP contribution in [0.3, 0.4) is 0 Å². The summed E-state index contributed by atoms with van der Waals surface area (Å²) < 4.78 is 0. The Morgan fingerprint density at radius 3 is 2.27 bits per heavy atom. The smallest absolute Gasteiger partial charge is 0.310 e. The molecule has 3 amide bonds. The fourth-order valence-electron chi connectivity index (χ4n) is 5.79. The van der Waals surface area contributed by atoms with Crippen molar-refractivity contribution in [2.45, 2.75) is 43.2 Å². The monoisotopic (exact) mass is 482 g/mol. The number of rotatable bonds is 3. The Labute approximate surface area is 203 Å². The molecule has 2 aromatic carbocycles. The molecule has 2 heterocycles. The fraction of sp³-hybridized carbons (Fsp3) is 0.400. The summed E-state index contributed by atoms with van der Waals surface area (Å²) in [7, 11) is 1.71. The number of carbonyl (C=O) groups is 2. The summed E-state index contributed by atoms with van der Waals surface area (Å²) in [5.41, 5.74) is 0.858. The van der Waals surface area contributed by atoms with Crippen molar-refractivity contribution >= 4 is 40.8 Å². The maximum Gasteiger partial charge on any atom is 0.332 e. The van der Waals surface area contributed by atoms with Crippen LogP contribution in [-0.2, 0) is 4.79 Å². The van der Waals surface area contributed by atoms with Crippen molar-refractivity contribution in [3.8, 4) is 6.07 Å². The Bertz CT molecular complexity index is 1140. The third kappa shape index (κ3) is 3.50. The second-order valence-electron chi connectivity index (χ2n) is 9.19. The number of nitriles is 1. The van der Waals surface area contributed by atoms with Crippen LogP contribution in [0.2, 0.25) is 10.0 Å². The number of urea groups is 1. The van der Waals surface area contributed by atoms with Crippen molar-refractivity contribution in [2.24, 2.45) is 0 Å². The number of anilines is 1. The van der Waals surface area contributed by atoms with Gasteiger partial charge < -0.3 is 4.90 Å². The molecule has 170 valence electrons. The number of hydrogen-bond acceptors (Lipinski definition) is 4. The lowest BCUT2D eigenvalue weighted by atomic mass is 9.80. The molecule has 6 nitrogen and oxygen atoms in total. The molecule has 0 N–H and O–H groups in total. The van der Waals surface area contributed by atoms with Crippen LogP contribution < -0.4 is 4.90 Å². The quantitative estimate of drug-likeness (QED) is 0.574. The molecule has 1 spiro atoms. The van der Waals surface area contributed by atoms with Gasteiger partial charge in [-0.25, -0.2) is 9.69 Å². The van der Waals surface area contributed by atoms with Gasteiger partial charge in [-0.2, -0.15) is 5.26 Å². The van der Waals surface area contributed by atoms with Crippen LogP contribution in [0.25, 0.3) is 0 Å². The topological polar surface area (TPSA) is 67.7 Å². The van der Waals surface area contributed by atoms with Gasteiger partial charge in [-0.05, 0) is 48.7 Å². The summed E-state index contributed by atoms with van der Waals surface area (Å²) >= 11 is 12.4. The molecule has 2 aromatic rings. The molecule has 3 aliphatic rings. The lowest BCUT2D eigenvalue weighted by Gasteiger charge is -2.34. The zero-order chi connectivity index (χ0) is 23.3. The van der Waals surface area contributed by atoms with Gasteiger partial charge >= 0.3 is 6.03 Å². The predicted octanol–water partition coefficient (Wildman–Crippen LogP) is 5.04. The van der Waals surface area contributed by atoms with Gasteiger partial charge in [0, 0.05) is 42.1 Å². The first-order valence-electron chi connectivity index (χ1n) is 11.2. The highest BCUT2D eigenvalue weighted by molar-refractivity contribution is 6.35. The average molecular weight is 483 g/mol. The van der Waals surface area contributed by atoms with E-state index in [0.717, 1.165) is 18.4 Å². The maximum atomic E-state index is 14.1. The average Bonchev–Trinajstić information content (AvgIpc) is 3.50. The highest BCUT2D eigenvalue weighted by atomic mass is 35.5. The third-order valence-electron chi connectivity index (χ3n) is 7.48. The first kappa shape index (κ1) is 22.2. The van der Waals surface area contributed by atoms with Crippen molar-refractivity contribution in [1.82, 2.24) is 9.80 Å². The van der Waals surface area contributed by atoms with Crippen LogP contribution in [0.15, 0.2) is 42.5 Å². The molecule has 5 rings (SSSR count). The Balaban J connectivity index is 1.60. The number of likely N-dealkylation sites (N-methyl/N-ethyl adjacent to an activating group) is 1. The first-order valence-corrected chi connectivity index (χ1v) is 11.9. The molecule has 0 bridgehead atoms. The van der Waals surface area contributed by atoms with E-state index in [-0.39, 0.29) is 17.9 Å². The van der Waals surface area contributed by atoms with Gasteiger partial charge in [-0.3, -0.25) is 9.69 Å². The molecule has 2 atom stereocenters. The molecular weight excluding hydrogens is 459 g/mol. The number of halogens is 2. The standard InChI is InChI=1S/C25H24Cl2N4O2/c1-29-24(33)31(21-11-18(26)10-19(27)12-21)23(32)25(29)15-30(20-4-2-3-5-20)14-22(25)17-8-6-16(13-28)7-9-17/h6-12,20,22H,2-5,14-15H2,1H3. The van der Waals surface area contributed by atoms with E-state index in [1.807, 2.05) is 12.1 Å². The van der Waals surface area contributed by atoms with Crippen molar-refractivity contribution in [3.63, 3.8) is 0 Å². The zero-order valence-corrected chi connectivity index (χ0v) is 19.8. The zero-order valence-electron chi connectivity index (χ0n) is 18.3. The van der Waals surface area contributed by atoms with E-state index in [1.165, 1.54) is 17.7 Å². The Kier molecular flexibility index (Phi) is 5.60. The summed E-state index contributed by atoms with van der Waals surface area (Å²) in [5, 5.41) is 9.95. The molecule has 0 radical (unpaired) electrons. The van der Waals surface area contributed by atoms with Crippen molar-refractivity contribution in [3.05, 3.63) is 63.6 Å². The molecule has 2 unspecified atom stereocenters. The predicted molar refractivity (Wildman–Crippen MR) is 128 cm³/mol. The van der Waals surface area contributed by atoms with Crippen LogP contribution in [-0.4, -0.2) is 53.5 Å². The van der Waals surface area contributed by atoms with E-state index in [0.29, 0.717) is 40.4 Å². The SMILES string of the molecule is CN1C(=O)N(c2cc(Cl)cc(Cl)c2)C(=O)C12CN(C1CCCC1)CC2c1ccc(C#N)cc1. The number of hydrogen-bond donors (Lipinski definition) is 0. The molecule has 2 saturated heterocycles. The summed E-state index contributed by atoms with van der Waals surface area (Å²) in [6.45, 7) is 1.16. The molecule has 1 aliphatic carbocycles. The van der Waals surface area contributed by atoms with Gasteiger partial charge in [0.05, 0.1) is 17.3 Å². The minimum atomic E-state index is -1.04. The number of nitrogens with zero attached hydrogens (tertiary/aromatic N) is 4. The second-order valence-corrected chi connectivity index (χ2v) is 10.1. The van der Waals surface area contributed by atoms with Crippen LogP contribution in [0.5, 0.6) is 0 Å². The van der Waals surface area contributed by atoms with Gasteiger partial charge in [-0.15, -0.1) is 0 Å². The van der Waals surface area contributed by atoms with Gasteiger partial charge in [0.15, 0.2) is 0 Å². The highest BCUT2D eigenvalue weighted by Gasteiger charge is 2.64. The van der Waals surface area contributed by atoms with Crippen molar-refractivity contribution in [2.75, 3.05) is 25.0 Å². The van der Waals surface area contributed by atoms with E-state index in [4.69, 9.17) is 23.2 Å². The number of imide groups is 1. The third-order valence-corrected chi connectivity index (χ3v) is 7.91. The molecule has 33 heavy (non-hydrogen) atoms. The summed E-state index contributed by atoms with van der Waals surface area (Å²) in [5.74, 6) is -0.477. The van der Waals surface area contributed by atoms with Gasteiger partial charge in [0.25, 0.3) is 5.91 Å². The maximum absolute atomic E-state index is 14.1. The van der Waals surface area contributed by atoms with Crippen molar-refractivity contribution in [1.29, 1.82) is 5.26 Å². The van der Waals surface area contributed by atoms with E-state index < -0.39 is 5.54 Å². The Morgan fingerprint density at radius 1 is 1.03 bits per heavy atom. The van der Waals surface area contributed by atoms with Crippen LogP contribution in [0.4, 0.5) is 10.5 Å². The first-order chi connectivity index (χ1) is 15.8. The normalized spacial score (nSPS) is 26.1. The summed E-state index contributed by atoms with van der Waals surface area (Å²) in [6, 6.07) is 14.3. The highest BCUT2D eigenvalue weighted by Crippen LogP contribution is 2.48. The number of amides is 3. The van der Waals surface area contributed by atoms with Gasteiger partial charge in [0.2, 0.25) is 0 Å². The number of benzene rings is 2. The van der Waals surface area contributed by atoms with Crippen LogP contribution >= 0.6 is 23.2 Å². The van der Waals surface area contributed by atoms with E-state index in [1.54, 1.807) is 42.3 Å². The molecule has 3 fully saturated rings. The second kappa shape index (κ2) is 8.32. The molecule has 0 aromatic heterocycles. The lowest BCUT2D eigenvalue weighted by molar-refractivity contribution is -0.124. The van der Waals surface area contributed by atoms with Gasteiger partial charge in [-0.1, -0.05) is 48.2 Å². The fourth-order valence-corrected chi connectivity index (χ4v) is 6.30. The summed E-state index contributed by atoms with van der Waals surface area (Å²) in [4.78, 5) is 32.8. The largest absolute Gasteiger partial charge is 0.332 e. The molecule has 1 saturated carbocycles. The number of carbonyl (C=O) groups excluding carboxylic acids is 2. The Morgan fingerprint density at radius 2 is 1.67 bits per heavy atom.